The second-order valence-electron chi connectivity index (χ2n) is 8.06. The van der Waals surface area contributed by atoms with Crippen LogP contribution in [0.3, 0.4) is 0 Å². The van der Waals surface area contributed by atoms with Crippen molar-refractivity contribution in [2.75, 3.05) is 20.8 Å². The third kappa shape index (κ3) is 4.09. The summed E-state index contributed by atoms with van der Waals surface area (Å²) in [6, 6.07) is 11.7. The van der Waals surface area contributed by atoms with Crippen LogP contribution in [-0.4, -0.2) is 31.6 Å². The topological polar surface area (TPSA) is 38.8 Å². The molecule has 4 nitrogen and oxygen atoms in total. The van der Waals surface area contributed by atoms with E-state index in [2.05, 4.69) is 6.07 Å². The molecule has 2 aliphatic rings. The average molecular weight is 414 g/mol. The van der Waals surface area contributed by atoms with Gasteiger partial charge in [0.15, 0.2) is 11.5 Å². The fraction of sp³-hybridized carbons (Fsp3) is 0.458. The lowest BCUT2D eigenvalue weighted by molar-refractivity contribution is -0.134. The van der Waals surface area contributed by atoms with Crippen molar-refractivity contribution in [1.82, 2.24) is 4.90 Å². The van der Waals surface area contributed by atoms with Gasteiger partial charge in [-0.15, -0.1) is 0 Å². The molecule has 0 bridgehead atoms. The van der Waals surface area contributed by atoms with Gasteiger partial charge in [-0.2, -0.15) is 0 Å². The molecule has 1 fully saturated rings. The van der Waals surface area contributed by atoms with E-state index in [0.717, 1.165) is 23.3 Å². The Hall–Kier alpha value is -2.20. The Labute approximate surface area is 177 Å². The van der Waals surface area contributed by atoms with Crippen LogP contribution in [0.1, 0.15) is 54.8 Å². The third-order valence-corrected chi connectivity index (χ3v) is 6.53. The van der Waals surface area contributed by atoms with Gasteiger partial charge in [0.2, 0.25) is 5.91 Å². The molecule has 1 amide bonds. The molecule has 29 heavy (non-hydrogen) atoms. The summed E-state index contributed by atoms with van der Waals surface area (Å²) in [7, 11) is 3.30. The SMILES string of the molecule is COc1cc2c(cc1OC)C(c1cccc(Cl)c1)N(C(=O)CC1CCCC1)CC2. The maximum Gasteiger partial charge on any atom is 0.223 e. The molecule has 1 saturated carbocycles. The summed E-state index contributed by atoms with van der Waals surface area (Å²) in [6.07, 6.45) is 6.28. The molecular weight excluding hydrogens is 386 g/mol. The number of ether oxygens (including phenoxy) is 2. The summed E-state index contributed by atoms with van der Waals surface area (Å²) in [5.74, 6) is 2.17. The highest BCUT2D eigenvalue weighted by atomic mass is 35.5. The lowest BCUT2D eigenvalue weighted by Gasteiger charge is -2.38. The average Bonchev–Trinajstić information content (AvgIpc) is 3.24. The molecule has 0 radical (unpaired) electrons. The highest BCUT2D eigenvalue weighted by Crippen LogP contribution is 2.42. The smallest absolute Gasteiger partial charge is 0.223 e. The fourth-order valence-corrected chi connectivity index (χ4v) is 5.03. The highest BCUT2D eigenvalue weighted by Gasteiger charge is 2.34. The summed E-state index contributed by atoms with van der Waals surface area (Å²) in [6.45, 7) is 0.700. The predicted octanol–water partition coefficient (Wildman–Crippen LogP) is 5.41. The minimum Gasteiger partial charge on any atom is -0.493 e. The molecule has 0 spiro atoms. The molecule has 1 aliphatic heterocycles. The zero-order valence-corrected chi connectivity index (χ0v) is 17.9. The third-order valence-electron chi connectivity index (χ3n) is 6.30. The van der Waals surface area contributed by atoms with E-state index in [-0.39, 0.29) is 11.9 Å². The summed E-state index contributed by atoms with van der Waals surface area (Å²) in [5, 5.41) is 0.679. The molecule has 5 heteroatoms. The number of amides is 1. The standard InChI is InChI=1S/C24H28ClNO3/c1-28-21-14-17-10-11-26(23(27)12-16-6-3-4-7-16)24(20(17)15-22(21)29-2)18-8-5-9-19(25)13-18/h5,8-9,13-16,24H,3-4,6-7,10-12H2,1-2H3. The molecular formula is C24H28ClNO3. The first-order chi connectivity index (χ1) is 14.1. The van der Waals surface area contributed by atoms with Crippen molar-refractivity contribution in [3.63, 3.8) is 0 Å². The van der Waals surface area contributed by atoms with Crippen LogP contribution in [0, 0.1) is 5.92 Å². The van der Waals surface area contributed by atoms with Crippen LogP contribution in [0.15, 0.2) is 36.4 Å². The molecule has 1 unspecified atom stereocenters. The first-order valence-corrected chi connectivity index (χ1v) is 10.8. The van der Waals surface area contributed by atoms with Crippen LogP contribution in [0.5, 0.6) is 11.5 Å². The molecule has 0 N–H and O–H groups in total. The van der Waals surface area contributed by atoms with Crippen LogP contribution in [0.2, 0.25) is 5.02 Å². The first kappa shape index (κ1) is 20.1. The fourth-order valence-electron chi connectivity index (χ4n) is 4.83. The number of nitrogens with zero attached hydrogens (tertiary/aromatic N) is 1. The van der Waals surface area contributed by atoms with E-state index in [1.807, 2.05) is 35.2 Å². The van der Waals surface area contributed by atoms with Crippen molar-refractivity contribution in [3.8, 4) is 11.5 Å². The number of carbonyl (C=O) groups excluding carboxylic acids is 1. The van der Waals surface area contributed by atoms with Crippen LogP contribution in [0.25, 0.3) is 0 Å². The van der Waals surface area contributed by atoms with Crippen molar-refractivity contribution in [3.05, 3.63) is 58.1 Å². The van der Waals surface area contributed by atoms with E-state index < -0.39 is 0 Å². The van der Waals surface area contributed by atoms with Crippen molar-refractivity contribution in [2.45, 2.75) is 44.6 Å². The van der Waals surface area contributed by atoms with Gasteiger partial charge in [-0.3, -0.25) is 4.79 Å². The molecule has 4 rings (SSSR count). The quantitative estimate of drug-likeness (QED) is 0.657. The molecule has 2 aromatic carbocycles. The van der Waals surface area contributed by atoms with Gasteiger partial charge in [0, 0.05) is 18.0 Å². The Bertz CT molecular complexity index is 892. The summed E-state index contributed by atoms with van der Waals surface area (Å²) in [4.78, 5) is 15.4. The number of rotatable bonds is 5. The summed E-state index contributed by atoms with van der Waals surface area (Å²) >= 11 is 6.31. The molecule has 0 aromatic heterocycles. The minimum atomic E-state index is -0.161. The van der Waals surface area contributed by atoms with E-state index >= 15 is 0 Å². The largest absolute Gasteiger partial charge is 0.493 e. The maximum absolute atomic E-state index is 13.3. The zero-order chi connectivity index (χ0) is 20.4. The van der Waals surface area contributed by atoms with Gasteiger partial charge in [-0.25, -0.2) is 0 Å². The Morgan fingerprint density at radius 1 is 1.10 bits per heavy atom. The predicted molar refractivity (Wildman–Crippen MR) is 115 cm³/mol. The number of fused-ring (bicyclic) bond motifs is 1. The normalized spacial score (nSPS) is 19.1. The first-order valence-electron chi connectivity index (χ1n) is 10.4. The monoisotopic (exact) mass is 413 g/mol. The van der Waals surface area contributed by atoms with E-state index in [1.165, 1.54) is 31.2 Å². The van der Waals surface area contributed by atoms with Gasteiger partial charge < -0.3 is 14.4 Å². The van der Waals surface area contributed by atoms with E-state index in [4.69, 9.17) is 21.1 Å². The number of methoxy groups -OCH3 is 2. The van der Waals surface area contributed by atoms with Crippen LogP contribution < -0.4 is 9.47 Å². The maximum atomic E-state index is 13.3. The number of hydrogen-bond acceptors (Lipinski definition) is 3. The number of hydrogen-bond donors (Lipinski definition) is 0. The molecule has 1 heterocycles. The Morgan fingerprint density at radius 3 is 2.52 bits per heavy atom. The van der Waals surface area contributed by atoms with Crippen LogP contribution >= 0.6 is 11.6 Å². The van der Waals surface area contributed by atoms with E-state index in [1.54, 1.807) is 14.2 Å². The number of benzene rings is 2. The summed E-state index contributed by atoms with van der Waals surface area (Å²) in [5.41, 5.74) is 3.32. The number of carbonyl (C=O) groups is 1. The van der Waals surface area contributed by atoms with Gasteiger partial charge in [0.1, 0.15) is 0 Å². The molecule has 1 aliphatic carbocycles. The van der Waals surface area contributed by atoms with Crippen molar-refractivity contribution in [2.24, 2.45) is 5.92 Å². The Morgan fingerprint density at radius 2 is 1.83 bits per heavy atom. The van der Waals surface area contributed by atoms with Crippen molar-refractivity contribution in [1.29, 1.82) is 0 Å². The van der Waals surface area contributed by atoms with Gasteiger partial charge in [-0.1, -0.05) is 36.6 Å². The van der Waals surface area contributed by atoms with E-state index in [9.17, 15) is 4.79 Å². The Kier molecular flexibility index (Phi) is 6.00. The van der Waals surface area contributed by atoms with Gasteiger partial charge in [-0.05, 0) is 66.1 Å². The van der Waals surface area contributed by atoms with Gasteiger partial charge in [0.05, 0.1) is 20.3 Å². The number of halogens is 1. The van der Waals surface area contributed by atoms with Crippen molar-refractivity contribution >= 4 is 17.5 Å². The summed E-state index contributed by atoms with van der Waals surface area (Å²) < 4.78 is 11.1. The van der Waals surface area contributed by atoms with Gasteiger partial charge in [0.25, 0.3) is 0 Å². The molecule has 0 saturated heterocycles. The molecule has 1 atom stereocenters. The lowest BCUT2D eigenvalue weighted by atomic mass is 9.87. The molecule has 154 valence electrons. The van der Waals surface area contributed by atoms with E-state index in [0.29, 0.717) is 29.7 Å². The second-order valence-corrected chi connectivity index (χ2v) is 8.49. The lowest BCUT2D eigenvalue weighted by Crippen LogP contribution is -2.41. The minimum absolute atomic E-state index is 0.161. The zero-order valence-electron chi connectivity index (χ0n) is 17.1. The van der Waals surface area contributed by atoms with Gasteiger partial charge >= 0.3 is 0 Å². The van der Waals surface area contributed by atoms with Crippen LogP contribution in [-0.2, 0) is 11.2 Å². The van der Waals surface area contributed by atoms with Crippen molar-refractivity contribution < 1.29 is 14.3 Å². The Balaban J connectivity index is 1.75. The molecule has 2 aromatic rings. The van der Waals surface area contributed by atoms with Crippen LogP contribution in [0.4, 0.5) is 0 Å². The highest BCUT2D eigenvalue weighted by molar-refractivity contribution is 6.30. The second kappa shape index (κ2) is 8.66.